The molecule has 1 amide bonds. The molecule has 0 fully saturated rings. The van der Waals surface area contributed by atoms with E-state index in [9.17, 15) is 31.5 Å². The SMILES string of the molecule is O=C1c2cc(O)ccc2CCN1Cc1ccc(NS(=O)(=O)C(F)(F)F)cc1. The summed E-state index contributed by atoms with van der Waals surface area (Å²) in [6.07, 6.45) is 0.616. The van der Waals surface area contributed by atoms with Crippen LogP contribution in [0, 0.1) is 0 Å². The number of aromatic hydroxyl groups is 1. The number of anilines is 1. The standard InChI is InChI=1S/C17H15F3N2O4S/c18-17(19,20)27(25,26)21-13-4-1-11(2-5-13)10-22-8-7-12-3-6-14(23)9-15(12)16(22)24/h1-6,9,21,23H,7-8,10H2. The van der Waals surface area contributed by atoms with Gasteiger partial charge in [-0.2, -0.15) is 21.6 Å². The molecule has 0 aliphatic carbocycles. The molecule has 10 heteroatoms. The maximum Gasteiger partial charge on any atom is 0.516 e. The zero-order valence-corrected chi connectivity index (χ0v) is 14.6. The molecular formula is C17H15F3N2O4S. The van der Waals surface area contributed by atoms with Crippen LogP contribution in [0.3, 0.4) is 0 Å². The lowest BCUT2D eigenvalue weighted by Crippen LogP contribution is -2.37. The molecule has 0 saturated carbocycles. The van der Waals surface area contributed by atoms with E-state index in [1.165, 1.54) is 41.1 Å². The van der Waals surface area contributed by atoms with Gasteiger partial charge in [0.05, 0.1) is 0 Å². The summed E-state index contributed by atoms with van der Waals surface area (Å²) >= 11 is 0. The van der Waals surface area contributed by atoms with Gasteiger partial charge in [-0.3, -0.25) is 9.52 Å². The summed E-state index contributed by atoms with van der Waals surface area (Å²) in [5.41, 5.74) is -3.75. The zero-order valence-electron chi connectivity index (χ0n) is 13.8. The first-order valence-corrected chi connectivity index (χ1v) is 9.34. The monoisotopic (exact) mass is 400 g/mol. The van der Waals surface area contributed by atoms with Crippen molar-refractivity contribution in [2.45, 2.75) is 18.5 Å². The van der Waals surface area contributed by atoms with Crippen molar-refractivity contribution in [1.82, 2.24) is 4.90 Å². The quantitative estimate of drug-likeness (QED) is 0.826. The van der Waals surface area contributed by atoms with E-state index in [-0.39, 0.29) is 23.9 Å². The molecule has 1 aliphatic rings. The Labute approximate surface area is 153 Å². The molecule has 0 spiro atoms. The minimum Gasteiger partial charge on any atom is -0.508 e. The van der Waals surface area contributed by atoms with Gasteiger partial charge in [-0.25, -0.2) is 0 Å². The first kappa shape index (κ1) is 19.0. The lowest BCUT2D eigenvalue weighted by Gasteiger charge is -2.28. The third-order valence-corrected chi connectivity index (χ3v) is 5.26. The zero-order chi connectivity index (χ0) is 19.8. The number of carbonyl (C=O) groups is 1. The summed E-state index contributed by atoms with van der Waals surface area (Å²) < 4.78 is 60.8. The highest BCUT2D eigenvalue weighted by Crippen LogP contribution is 2.27. The Hall–Kier alpha value is -2.75. The summed E-state index contributed by atoms with van der Waals surface area (Å²) in [4.78, 5) is 14.1. The van der Waals surface area contributed by atoms with E-state index in [0.29, 0.717) is 24.1 Å². The van der Waals surface area contributed by atoms with Crippen LogP contribution >= 0.6 is 0 Å². The number of nitrogens with one attached hydrogen (secondary N) is 1. The lowest BCUT2D eigenvalue weighted by atomic mass is 9.98. The van der Waals surface area contributed by atoms with Crippen molar-refractivity contribution in [2.24, 2.45) is 0 Å². The van der Waals surface area contributed by atoms with Gasteiger partial charge >= 0.3 is 15.5 Å². The van der Waals surface area contributed by atoms with Gasteiger partial charge in [-0.05, 0) is 41.8 Å². The van der Waals surface area contributed by atoms with E-state index >= 15 is 0 Å². The Bertz CT molecular complexity index is 973. The Morgan fingerprint density at radius 2 is 1.78 bits per heavy atom. The molecule has 144 valence electrons. The molecule has 0 unspecified atom stereocenters. The summed E-state index contributed by atoms with van der Waals surface area (Å²) in [6.45, 7) is 0.666. The van der Waals surface area contributed by atoms with Crippen molar-refractivity contribution < 1.29 is 31.5 Å². The predicted molar refractivity (Wildman–Crippen MR) is 91.6 cm³/mol. The number of rotatable bonds is 4. The largest absolute Gasteiger partial charge is 0.516 e. The second-order valence-electron chi connectivity index (χ2n) is 6.07. The average molecular weight is 400 g/mol. The molecule has 27 heavy (non-hydrogen) atoms. The summed E-state index contributed by atoms with van der Waals surface area (Å²) in [6, 6.07) is 9.90. The summed E-state index contributed by atoms with van der Waals surface area (Å²) in [5.74, 6) is -0.265. The summed E-state index contributed by atoms with van der Waals surface area (Å²) in [5, 5.41) is 9.56. The number of phenols is 1. The Kier molecular flexibility index (Phi) is 4.77. The topological polar surface area (TPSA) is 86.7 Å². The average Bonchev–Trinajstić information content (AvgIpc) is 2.58. The number of halogens is 3. The highest BCUT2D eigenvalue weighted by atomic mass is 32.2. The molecule has 2 aromatic carbocycles. The molecule has 2 N–H and O–H groups in total. The van der Waals surface area contributed by atoms with Crippen LogP contribution in [0.2, 0.25) is 0 Å². The van der Waals surface area contributed by atoms with Gasteiger partial charge in [-0.1, -0.05) is 18.2 Å². The fourth-order valence-corrected chi connectivity index (χ4v) is 3.33. The fraction of sp³-hybridized carbons (Fsp3) is 0.235. The number of sulfonamides is 1. The number of amides is 1. The van der Waals surface area contributed by atoms with Gasteiger partial charge in [0.1, 0.15) is 5.75 Å². The third kappa shape index (κ3) is 4.00. The number of phenolic OH excluding ortho intramolecular Hbond substituents is 1. The van der Waals surface area contributed by atoms with Crippen LogP contribution in [-0.4, -0.2) is 36.4 Å². The fourth-order valence-electron chi connectivity index (χ4n) is 2.77. The van der Waals surface area contributed by atoms with E-state index in [1.54, 1.807) is 11.0 Å². The van der Waals surface area contributed by atoms with Crippen molar-refractivity contribution in [1.29, 1.82) is 0 Å². The number of alkyl halides is 3. The van der Waals surface area contributed by atoms with Crippen LogP contribution in [0.4, 0.5) is 18.9 Å². The maximum atomic E-state index is 12.5. The molecule has 0 saturated heterocycles. The van der Waals surface area contributed by atoms with E-state index in [0.717, 1.165) is 5.56 Å². The van der Waals surface area contributed by atoms with Crippen LogP contribution in [-0.2, 0) is 23.0 Å². The second-order valence-corrected chi connectivity index (χ2v) is 7.74. The Balaban J connectivity index is 1.71. The molecule has 6 nitrogen and oxygen atoms in total. The van der Waals surface area contributed by atoms with Crippen molar-refractivity contribution in [3.8, 4) is 5.75 Å². The molecule has 0 bridgehead atoms. The van der Waals surface area contributed by atoms with E-state index in [2.05, 4.69) is 0 Å². The minimum atomic E-state index is -5.48. The van der Waals surface area contributed by atoms with E-state index in [1.807, 2.05) is 0 Å². The van der Waals surface area contributed by atoms with Gasteiger partial charge in [0, 0.05) is 24.3 Å². The number of carbonyl (C=O) groups excluding carboxylic acids is 1. The minimum absolute atomic E-state index is 0.00903. The van der Waals surface area contributed by atoms with E-state index in [4.69, 9.17) is 0 Å². The molecular weight excluding hydrogens is 385 g/mol. The molecule has 0 aromatic heterocycles. The Morgan fingerprint density at radius 1 is 1.11 bits per heavy atom. The first-order chi connectivity index (χ1) is 12.6. The van der Waals surface area contributed by atoms with Gasteiger partial charge < -0.3 is 10.0 Å². The van der Waals surface area contributed by atoms with Gasteiger partial charge in [0.2, 0.25) is 0 Å². The number of hydrogen-bond acceptors (Lipinski definition) is 4. The first-order valence-electron chi connectivity index (χ1n) is 7.86. The molecule has 0 atom stereocenters. The third-order valence-electron chi connectivity index (χ3n) is 4.15. The van der Waals surface area contributed by atoms with Gasteiger partial charge in [-0.15, -0.1) is 0 Å². The van der Waals surface area contributed by atoms with Crippen LogP contribution in [0.5, 0.6) is 5.75 Å². The number of benzene rings is 2. The summed E-state index contributed by atoms with van der Waals surface area (Å²) in [7, 11) is -5.48. The van der Waals surface area contributed by atoms with Crippen LogP contribution in [0.1, 0.15) is 21.5 Å². The molecule has 0 radical (unpaired) electrons. The van der Waals surface area contributed by atoms with Gasteiger partial charge in [0.25, 0.3) is 5.91 Å². The number of hydrogen-bond donors (Lipinski definition) is 2. The predicted octanol–water partition coefficient (Wildman–Crippen LogP) is 2.85. The van der Waals surface area contributed by atoms with Crippen molar-refractivity contribution >= 4 is 21.6 Å². The molecule has 1 aliphatic heterocycles. The van der Waals surface area contributed by atoms with Crippen LogP contribution in [0.25, 0.3) is 0 Å². The van der Waals surface area contributed by atoms with Crippen LogP contribution < -0.4 is 4.72 Å². The second kappa shape index (κ2) is 6.76. The number of nitrogens with zero attached hydrogens (tertiary/aromatic N) is 1. The van der Waals surface area contributed by atoms with Crippen molar-refractivity contribution in [3.05, 3.63) is 59.2 Å². The normalized spacial score (nSPS) is 14.8. The number of fused-ring (bicyclic) bond motifs is 1. The molecule has 3 rings (SSSR count). The van der Waals surface area contributed by atoms with Crippen molar-refractivity contribution in [3.63, 3.8) is 0 Å². The highest BCUT2D eigenvalue weighted by Gasteiger charge is 2.46. The van der Waals surface area contributed by atoms with Crippen LogP contribution in [0.15, 0.2) is 42.5 Å². The lowest BCUT2D eigenvalue weighted by molar-refractivity contribution is -0.0429. The van der Waals surface area contributed by atoms with Gasteiger partial charge in [0.15, 0.2) is 0 Å². The maximum absolute atomic E-state index is 12.5. The molecule has 2 aromatic rings. The smallest absolute Gasteiger partial charge is 0.508 e. The van der Waals surface area contributed by atoms with E-state index < -0.39 is 15.5 Å². The van der Waals surface area contributed by atoms with Crippen molar-refractivity contribution in [2.75, 3.05) is 11.3 Å². The molecule has 1 heterocycles. The Morgan fingerprint density at radius 3 is 2.41 bits per heavy atom. The highest BCUT2D eigenvalue weighted by molar-refractivity contribution is 7.93.